The summed E-state index contributed by atoms with van der Waals surface area (Å²) in [6.07, 6.45) is -3.71. The van der Waals surface area contributed by atoms with Gasteiger partial charge in [-0.05, 0) is 29.8 Å². The SMILES string of the molecule is Nc1nc(=O)n([C@@]23C=C[C@@]2(O)[C@H](O)[C@@H](CO)O3)cc1-c1cccc(C(F)(F)F)c1. The second-order valence-corrected chi connectivity index (χ2v) is 6.91. The molecule has 154 valence electrons. The summed E-state index contributed by atoms with van der Waals surface area (Å²) >= 11 is 0. The van der Waals surface area contributed by atoms with Crippen LogP contribution >= 0.6 is 0 Å². The molecule has 11 heteroatoms. The third kappa shape index (κ3) is 2.62. The van der Waals surface area contributed by atoms with Gasteiger partial charge in [-0.1, -0.05) is 12.1 Å². The molecule has 0 amide bonds. The molecule has 2 heterocycles. The number of aliphatic hydroxyl groups excluding tert-OH is 2. The highest BCUT2D eigenvalue weighted by Crippen LogP contribution is 2.51. The summed E-state index contributed by atoms with van der Waals surface area (Å²) in [6.45, 7) is -0.634. The molecule has 1 aromatic carbocycles. The van der Waals surface area contributed by atoms with Crippen LogP contribution in [0.5, 0.6) is 0 Å². The maximum atomic E-state index is 13.1. The van der Waals surface area contributed by atoms with Gasteiger partial charge >= 0.3 is 11.9 Å². The van der Waals surface area contributed by atoms with Crippen molar-refractivity contribution in [3.63, 3.8) is 0 Å². The van der Waals surface area contributed by atoms with Crippen LogP contribution in [0.3, 0.4) is 0 Å². The number of anilines is 1. The molecule has 29 heavy (non-hydrogen) atoms. The first kappa shape index (κ1) is 19.6. The van der Waals surface area contributed by atoms with E-state index < -0.39 is 47.6 Å². The van der Waals surface area contributed by atoms with Crippen molar-refractivity contribution in [1.82, 2.24) is 9.55 Å². The van der Waals surface area contributed by atoms with Crippen molar-refractivity contribution in [2.45, 2.75) is 29.7 Å². The summed E-state index contributed by atoms with van der Waals surface area (Å²) in [4.78, 5) is 16.1. The van der Waals surface area contributed by atoms with Crippen LogP contribution in [0.25, 0.3) is 11.1 Å². The largest absolute Gasteiger partial charge is 0.416 e. The van der Waals surface area contributed by atoms with Gasteiger partial charge < -0.3 is 25.8 Å². The summed E-state index contributed by atoms with van der Waals surface area (Å²) in [5.41, 5.74) is 0.0265. The number of fused-ring (bicyclic) bond motifs is 1. The lowest BCUT2D eigenvalue weighted by atomic mass is 9.76. The van der Waals surface area contributed by atoms with E-state index in [0.29, 0.717) is 0 Å². The summed E-state index contributed by atoms with van der Waals surface area (Å²) in [7, 11) is 0. The molecule has 1 aliphatic carbocycles. The third-order valence-electron chi connectivity index (χ3n) is 5.27. The predicted octanol–water partition coefficient (Wildman–Crippen LogP) is 0.217. The molecule has 0 saturated carbocycles. The smallest absolute Gasteiger partial charge is 0.394 e. The molecule has 0 radical (unpaired) electrons. The molecule has 0 spiro atoms. The number of rotatable bonds is 3. The molecule has 1 aliphatic heterocycles. The molecule has 4 rings (SSSR count). The van der Waals surface area contributed by atoms with Gasteiger partial charge in [0.1, 0.15) is 18.0 Å². The second-order valence-electron chi connectivity index (χ2n) is 6.91. The van der Waals surface area contributed by atoms with Gasteiger partial charge in [-0.2, -0.15) is 18.2 Å². The van der Waals surface area contributed by atoms with E-state index in [9.17, 15) is 33.3 Å². The second kappa shape index (κ2) is 6.13. The Labute approximate surface area is 161 Å². The zero-order valence-electron chi connectivity index (χ0n) is 14.7. The van der Waals surface area contributed by atoms with Crippen molar-refractivity contribution in [1.29, 1.82) is 0 Å². The zero-order chi connectivity index (χ0) is 21.2. The van der Waals surface area contributed by atoms with Crippen LogP contribution in [0, 0.1) is 0 Å². The molecule has 1 saturated heterocycles. The van der Waals surface area contributed by atoms with Gasteiger partial charge in [-0.3, -0.25) is 4.57 Å². The number of nitrogens with two attached hydrogens (primary N) is 1. The van der Waals surface area contributed by atoms with Crippen LogP contribution in [-0.2, 0) is 16.6 Å². The van der Waals surface area contributed by atoms with Crippen LogP contribution in [0.15, 0.2) is 47.4 Å². The first-order valence-electron chi connectivity index (χ1n) is 8.50. The normalized spacial score (nSPS) is 30.8. The molecular formula is C18H16F3N3O5. The molecule has 4 atom stereocenters. The number of aromatic nitrogens is 2. The fourth-order valence-corrected chi connectivity index (χ4v) is 3.68. The topological polar surface area (TPSA) is 131 Å². The minimum atomic E-state index is -4.59. The Balaban J connectivity index is 1.87. The van der Waals surface area contributed by atoms with E-state index in [1.165, 1.54) is 24.3 Å². The number of hydrogen-bond acceptors (Lipinski definition) is 7. The van der Waals surface area contributed by atoms with Crippen LogP contribution in [0.4, 0.5) is 19.0 Å². The van der Waals surface area contributed by atoms with Gasteiger partial charge in [0.2, 0.25) is 5.72 Å². The molecule has 1 fully saturated rings. The number of hydrogen-bond donors (Lipinski definition) is 4. The Kier molecular flexibility index (Phi) is 4.14. The van der Waals surface area contributed by atoms with Crippen molar-refractivity contribution in [2.75, 3.05) is 12.3 Å². The third-order valence-corrected chi connectivity index (χ3v) is 5.27. The van der Waals surface area contributed by atoms with E-state index in [2.05, 4.69) is 4.98 Å². The van der Waals surface area contributed by atoms with Crippen molar-refractivity contribution < 1.29 is 33.2 Å². The van der Waals surface area contributed by atoms with Crippen LogP contribution in [0.2, 0.25) is 0 Å². The van der Waals surface area contributed by atoms with Gasteiger partial charge in [0.25, 0.3) is 0 Å². The van der Waals surface area contributed by atoms with Gasteiger partial charge in [0, 0.05) is 11.8 Å². The van der Waals surface area contributed by atoms with Crippen molar-refractivity contribution in [2.24, 2.45) is 0 Å². The highest BCUT2D eigenvalue weighted by Gasteiger charge is 2.69. The van der Waals surface area contributed by atoms with Gasteiger partial charge in [-0.25, -0.2) is 4.79 Å². The van der Waals surface area contributed by atoms with Crippen LogP contribution in [-0.4, -0.2) is 49.3 Å². The number of benzene rings is 1. The summed E-state index contributed by atoms with van der Waals surface area (Å²) < 4.78 is 45.6. The lowest BCUT2D eigenvalue weighted by Crippen LogP contribution is -2.63. The number of nitrogen functional groups attached to an aromatic ring is 1. The van der Waals surface area contributed by atoms with E-state index in [1.807, 2.05) is 0 Å². The number of ether oxygens (including phenoxy) is 1. The molecule has 5 N–H and O–H groups in total. The van der Waals surface area contributed by atoms with Crippen LogP contribution in [0.1, 0.15) is 5.56 Å². The standard InChI is InChI=1S/C18H16F3N3O5/c19-18(20,21)10-3-1-2-9(6-10)11-7-24(15(27)23-14(11)22)17-5-4-16(17,28)13(26)12(8-25)29-17/h1-7,12-13,25-26,28H,8H2,(H2,22,23,27)/t12-,13-,16-,17-/m1/s1. The maximum absolute atomic E-state index is 13.1. The number of halogens is 3. The van der Waals surface area contributed by atoms with Crippen molar-refractivity contribution in [3.05, 3.63) is 58.7 Å². The molecule has 1 aromatic heterocycles. The minimum absolute atomic E-state index is 0.00161. The number of nitrogens with zero attached hydrogens (tertiary/aromatic N) is 2. The van der Waals surface area contributed by atoms with E-state index in [1.54, 1.807) is 0 Å². The lowest BCUT2D eigenvalue weighted by Gasteiger charge is -2.45. The first-order chi connectivity index (χ1) is 13.5. The number of alkyl halides is 3. The van der Waals surface area contributed by atoms with Crippen molar-refractivity contribution >= 4 is 5.82 Å². The Bertz CT molecular complexity index is 1070. The zero-order valence-corrected chi connectivity index (χ0v) is 14.7. The predicted molar refractivity (Wildman–Crippen MR) is 93.4 cm³/mol. The fourth-order valence-electron chi connectivity index (χ4n) is 3.68. The average molecular weight is 411 g/mol. The quantitative estimate of drug-likeness (QED) is 0.532. The summed E-state index contributed by atoms with van der Waals surface area (Å²) in [5.74, 6) is -0.314. The summed E-state index contributed by atoms with van der Waals surface area (Å²) in [5, 5.41) is 30.4. The molecular weight excluding hydrogens is 395 g/mol. The van der Waals surface area contributed by atoms with Gasteiger partial charge in [0.15, 0.2) is 5.60 Å². The Morgan fingerprint density at radius 3 is 2.62 bits per heavy atom. The average Bonchev–Trinajstić information content (AvgIpc) is 2.80. The number of aliphatic hydroxyl groups is 3. The lowest BCUT2D eigenvalue weighted by molar-refractivity contribution is -0.163. The highest BCUT2D eigenvalue weighted by molar-refractivity contribution is 5.73. The Hall–Kier alpha value is -2.73. The fraction of sp³-hybridized carbons (Fsp3) is 0.333. The Morgan fingerprint density at radius 2 is 2.03 bits per heavy atom. The minimum Gasteiger partial charge on any atom is -0.394 e. The van der Waals surface area contributed by atoms with Gasteiger partial charge in [0.05, 0.1) is 12.2 Å². The van der Waals surface area contributed by atoms with Crippen LogP contribution < -0.4 is 11.4 Å². The molecule has 2 aromatic rings. The van der Waals surface area contributed by atoms with E-state index >= 15 is 0 Å². The summed E-state index contributed by atoms with van der Waals surface area (Å²) in [6, 6.07) is 4.28. The van der Waals surface area contributed by atoms with E-state index in [-0.39, 0.29) is 16.9 Å². The molecule has 8 nitrogen and oxygen atoms in total. The molecule has 2 aliphatic rings. The molecule has 0 bridgehead atoms. The Morgan fingerprint density at radius 1 is 1.31 bits per heavy atom. The van der Waals surface area contributed by atoms with Gasteiger partial charge in [-0.15, -0.1) is 0 Å². The maximum Gasteiger partial charge on any atom is 0.416 e. The van der Waals surface area contributed by atoms with Crippen molar-refractivity contribution in [3.8, 4) is 11.1 Å². The monoisotopic (exact) mass is 411 g/mol. The molecule has 0 unspecified atom stereocenters. The van der Waals surface area contributed by atoms with E-state index in [0.717, 1.165) is 22.9 Å². The first-order valence-corrected chi connectivity index (χ1v) is 8.50. The van der Waals surface area contributed by atoms with E-state index in [4.69, 9.17) is 10.5 Å². The highest BCUT2D eigenvalue weighted by atomic mass is 19.4.